The molecule has 0 spiro atoms. The highest BCUT2D eigenvalue weighted by Gasteiger charge is 2.17. The van der Waals surface area contributed by atoms with Gasteiger partial charge in [0.15, 0.2) is 0 Å². The average molecular weight is 312 g/mol. The van der Waals surface area contributed by atoms with Crippen molar-refractivity contribution in [2.75, 3.05) is 38.5 Å². The second-order valence-corrected chi connectivity index (χ2v) is 5.93. The lowest BCUT2D eigenvalue weighted by Crippen LogP contribution is -2.49. The molecule has 1 saturated heterocycles. The van der Waals surface area contributed by atoms with Crippen LogP contribution in [0.25, 0.3) is 0 Å². The summed E-state index contributed by atoms with van der Waals surface area (Å²) in [5.41, 5.74) is 2.53. The molecule has 0 saturated carbocycles. The van der Waals surface area contributed by atoms with Crippen molar-refractivity contribution < 1.29 is 0 Å². The number of nitrogens with zero attached hydrogens (tertiary/aromatic N) is 1. The molecule has 100 valence electrons. The van der Waals surface area contributed by atoms with Crippen molar-refractivity contribution in [2.24, 2.45) is 0 Å². The third-order valence-corrected chi connectivity index (χ3v) is 4.12. The molecule has 2 rings (SSSR count). The molecule has 1 heterocycles. The van der Waals surface area contributed by atoms with Crippen molar-refractivity contribution in [2.45, 2.75) is 19.4 Å². The summed E-state index contributed by atoms with van der Waals surface area (Å²) in [6.07, 6.45) is 1.18. The van der Waals surface area contributed by atoms with E-state index in [0.29, 0.717) is 6.04 Å². The number of aryl methyl sites for hydroxylation is 1. The largest absolute Gasteiger partial charge is 0.385 e. The minimum absolute atomic E-state index is 0.655. The van der Waals surface area contributed by atoms with Gasteiger partial charge in [-0.15, -0.1) is 0 Å². The fraction of sp³-hybridized carbons (Fsp3) is 0.571. The van der Waals surface area contributed by atoms with Gasteiger partial charge in [-0.2, -0.15) is 0 Å². The molecule has 0 radical (unpaired) electrons. The Morgan fingerprint density at radius 1 is 1.50 bits per heavy atom. The van der Waals surface area contributed by atoms with E-state index in [4.69, 9.17) is 0 Å². The first-order valence-electron chi connectivity index (χ1n) is 6.58. The summed E-state index contributed by atoms with van der Waals surface area (Å²) in [6, 6.07) is 7.03. The molecule has 1 fully saturated rings. The van der Waals surface area contributed by atoms with Gasteiger partial charge >= 0.3 is 0 Å². The van der Waals surface area contributed by atoms with Crippen LogP contribution in [0, 0.1) is 6.92 Å². The van der Waals surface area contributed by atoms with Crippen molar-refractivity contribution in [3.05, 3.63) is 28.2 Å². The number of likely N-dealkylation sites (N-methyl/N-ethyl adjacent to an activating group) is 1. The van der Waals surface area contributed by atoms with E-state index in [1.54, 1.807) is 0 Å². The lowest BCUT2D eigenvalue weighted by atomic mass is 10.1. The van der Waals surface area contributed by atoms with Crippen LogP contribution in [-0.2, 0) is 0 Å². The maximum Gasteiger partial charge on any atom is 0.0370 e. The van der Waals surface area contributed by atoms with Crippen LogP contribution in [0.5, 0.6) is 0 Å². The zero-order chi connectivity index (χ0) is 13.0. The van der Waals surface area contributed by atoms with E-state index in [1.165, 1.54) is 17.7 Å². The van der Waals surface area contributed by atoms with Gasteiger partial charge in [-0.25, -0.2) is 0 Å². The summed E-state index contributed by atoms with van der Waals surface area (Å²) in [5, 5.41) is 6.99. The minimum Gasteiger partial charge on any atom is -0.385 e. The van der Waals surface area contributed by atoms with Crippen LogP contribution < -0.4 is 10.6 Å². The molecule has 18 heavy (non-hydrogen) atoms. The van der Waals surface area contributed by atoms with Crippen LogP contribution in [0.3, 0.4) is 0 Å². The first kappa shape index (κ1) is 13.8. The Morgan fingerprint density at radius 3 is 3.06 bits per heavy atom. The fourth-order valence-electron chi connectivity index (χ4n) is 2.38. The van der Waals surface area contributed by atoms with Crippen molar-refractivity contribution in [1.29, 1.82) is 0 Å². The number of anilines is 1. The number of halogens is 1. The van der Waals surface area contributed by atoms with Gasteiger partial charge in [0.2, 0.25) is 0 Å². The molecular formula is C14H22BrN3. The minimum atomic E-state index is 0.655. The molecule has 1 aliphatic heterocycles. The molecule has 4 heteroatoms. The zero-order valence-corrected chi connectivity index (χ0v) is 12.8. The smallest absolute Gasteiger partial charge is 0.0370 e. The number of nitrogens with one attached hydrogen (secondary N) is 2. The van der Waals surface area contributed by atoms with Gasteiger partial charge in [0, 0.05) is 42.4 Å². The summed E-state index contributed by atoms with van der Waals surface area (Å²) in [4.78, 5) is 2.45. The van der Waals surface area contributed by atoms with E-state index < -0.39 is 0 Å². The second kappa shape index (κ2) is 6.55. The second-order valence-electron chi connectivity index (χ2n) is 5.01. The molecule has 1 aromatic rings. The van der Waals surface area contributed by atoms with Crippen LogP contribution in [0.15, 0.2) is 22.7 Å². The number of hydrogen-bond donors (Lipinski definition) is 2. The number of piperazine rings is 1. The lowest BCUT2D eigenvalue weighted by molar-refractivity contribution is 0.194. The predicted molar refractivity (Wildman–Crippen MR) is 81.3 cm³/mol. The van der Waals surface area contributed by atoms with Crippen molar-refractivity contribution >= 4 is 21.6 Å². The van der Waals surface area contributed by atoms with Crippen LogP contribution >= 0.6 is 15.9 Å². The van der Waals surface area contributed by atoms with E-state index in [1.807, 2.05) is 0 Å². The molecule has 1 atom stereocenters. The van der Waals surface area contributed by atoms with Crippen molar-refractivity contribution in [3.8, 4) is 0 Å². The molecule has 0 amide bonds. The van der Waals surface area contributed by atoms with Gasteiger partial charge < -0.3 is 15.5 Å². The number of rotatable bonds is 4. The fourth-order valence-corrected chi connectivity index (χ4v) is 2.86. The molecule has 0 aliphatic carbocycles. The molecule has 1 aromatic carbocycles. The first-order valence-corrected chi connectivity index (χ1v) is 7.37. The molecule has 1 aliphatic rings. The van der Waals surface area contributed by atoms with E-state index >= 15 is 0 Å². The van der Waals surface area contributed by atoms with Gasteiger partial charge in [-0.1, -0.05) is 15.9 Å². The zero-order valence-electron chi connectivity index (χ0n) is 11.2. The highest BCUT2D eigenvalue weighted by atomic mass is 79.9. The summed E-state index contributed by atoms with van der Waals surface area (Å²) < 4.78 is 1.14. The molecular weight excluding hydrogens is 290 g/mol. The maximum atomic E-state index is 3.53. The van der Waals surface area contributed by atoms with Gasteiger partial charge in [0.1, 0.15) is 0 Å². The van der Waals surface area contributed by atoms with E-state index in [2.05, 4.69) is 63.6 Å². The third kappa shape index (κ3) is 3.70. The molecule has 1 unspecified atom stereocenters. The standard InChI is InChI=1S/C14H22BrN3/c1-11-9-12(15)3-4-14(11)17-6-5-13-10-16-7-8-18(13)2/h3-4,9,13,16-17H,5-8,10H2,1-2H3. The van der Waals surface area contributed by atoms with Crippen molar-refractivity contribution in [3.63, 3.8) is 0 Å². The van der Waals surface area contributed by atoms with Crippen molar-refractivity contribution in [1.82, 2.24) is 10.2 Å². The van der Waals surface area contributed by atoms with Crippen LogP contribution in [0.2, 0.25) is 0 Å². The monoisotopic (exact) mass is 311 g/mol. The van der Waals surface area contributed by atoms with Gasteiger partial charge in [0.05, 0.1) is 0 Å². The molecule has 0 aromatic heterocycles. The van der Waals surface area contributed by atoms with Crippen LogP contribution in [-0.4, -0.2) is 44.2 Å². The molecule has 3 nitrogen and oxygen atoms in total. The van der Waals surface area contributed by atoms with Gasteiger partial charge in [-0.05, 0) is 44.2 Å². The van der Waals surface area contributed by atoms with E-state index in [0.717, 1.165) is 30.7 Å². The topological polar surface area (TPSA) is 27.3 Å². The summed E-state index contributed by atoms with van der Waals surface area (Å²) in [5.74, 6) is 0. The maximum absolute atomic E-state index is 3.53. The Hall–Kier alpha value is -0.580. The Balaban J connectivity index is 1.81. The quantitative estimate of drug-likeness (QED) is 0.894. The summed E-state index contributed by atoms with van der Waals surface area (Å²) in [6.45, 7) is 6.55. The first-order chi connectivity index (χ1) is 8.66. The van der Waals surface area contributed by atoms with Gasteiger partial charge in [0.25, 0.3) is 0 Å². The lowest BCUT2D eigenvalue weighted by Gasteiger charge is -2.33. The Kier molecular flexibility index (Phi) is 5.03. The Labute approximate surface area is 118 Å². The predicted octanol–water partition coefficient (Wildman–Crippen LogP) is 2.46. The van der Waals surface area contributed by atoms with Crippen LogP contribution in [0.1, 0.15) is 12.0 Å². The summed E-state index contributed by atoms with van der Waals surface area (Å²) >= 11 is 3.49. The highest BCUT2D eigenvalue weighted by Crippen LogP contribution is 2.20. The normalized spacial score (nSPS) is 20.9. The van der Waals surface area contributed by atoms with Gasteiger partial charge in [-0.3, -0.25) is 0 Å². The van der Waals surface area contributed by atoms with E-state index in [-0.39, 0.29) is 0 Å². The number of benzene rings is 1. The van der Waals surface area contributed by atoms with E-state index in [9.17, 15) is 0 Å². The Morgan fingerprint density at radius 2 is 2.33 bits per heavy atom. The summed E-state index contributed by atoms with van der Waals surface area (Å²) in [7, 11) is 2.22. The average Bonchev–Trinajstić information content (AvgIpc) is 2.34. The van der Waals surface area contributed by atoms with Crippen LogP contribution in [0.4, 0.5) is 5.69 Å². The molecule has 0 bridgehead atoms. The third-order valence-electron chi connectivity index (χ3n) is 3.63. The highest BCUT2D eigenvalue weighted by molar-refractivity contribution is 9.10. The number of hydrogen-bond acceptors (Lipinski definition) is 3. The Bertz CT molecular complexity index is 395. The SMILES string of the molecule is Cc1cc(Br)ccc1NCCC1CNCCN1C. The molecule has 2 N–H and O–H groups in total.